The number of rotatable bonds is 3. The summed E-state index contributed by atoms with van der Waals surface area (Å²) in [6.45, 7) is 7.34. The number of pyridine rings is 1. The maximum absolute atomic E-state index is 13.1. The van der Waals surface area contributed by atoms with E-state index in [0.29, 0.717) is 35.7 Å². The lowest BCUT2D eigenvalue weighted by Gasteiger charge is -2.34. The van der Waals surface area contributed by atoms with E-state index in [2.05, 4.69) is 42.5 Å². The van der Waals surface area contributed by atoms with E-state index in [0.717, 1.165) is 37.3 Å². The summed E-state index contributed by atoms with van der Waals surface area (Å²) in [5.41, 5.74) is 2.69. The van der Waals surface area contributed by atoms with Crippen molar-refractivity contribution in [1.82, 2.24) is 29.9 Å². The van der Waals surface area contributed by atoms with Crippen LogP contribution in [0.3, 0.4) is 0 Å². The fourth-order valence-electron chi connectivity index (χ4n) is 4.25. The molecule has 3 aromatic heterocycles. The normalized spacial score (nSPS) is 17.8. The van der Waals surface area contributed by atoms with E-state index in [9.17, 15) is 4.79 Å². The second-order valence-electron chi connectivity index (χ2n) is 7.83. The number of nitrogens with zero attached hydrogens (tertiary/aromatic N) is 7. The molecule has 2 amide bonds. The van der Waals surface area contributed by atoms with Crippen LogP contribution in [0, 0.1) is 6.92 Å². The number of hydrogen-bond donors (Lipinski definition) is 2. The van der Waals surface area contributed by atoms with E-state index in [-0.39, 0.29) is 24.3 Å². The molecule has 0 bridgehead atoms. The number of piperazine rings is 1. The molecule has 32 heavy (non-hydrogen) atoms. The van der Waals surface area contributed by atoms with Crippen LogP contribution in [0.4, 0.5) is 22.0 Å². The first-order valence-electron chi connectivity index (χ1n) is 10.4. The Kier molecular flexibility index (Phi) is 6.02. The molecule has 2 N–H and O–H groups in total. The molecule has 1 fully saturated rings. The summed E-state index contributed by atoms with van der Waals surface area (Å²) in [4.78, 5) is 30.3. The highest BCUT2D eigenvalue weighted by Crippen LogP contribution is 2.35. The Morgan fingerprint density at radius 1 is 1.31 bits per heavy atom. The number of methoxy groups -OCH3 is 1. The summed E-state index contributed by atoms with van der Waals surface area (Å²) in [6, 6.07) is 2.19. The maximum Gasteiger partial charge on any atom is 0.327 e. The van der Waals surface area contributed by atoms with Crippen LogP contribution >= 0.6 is 12.4 Å². The van der Waals surface area contributed by atoms with Crippen molar-refractivity contribution in [1.29, 1.82) is 0 Å². The number of fused-ring (bicyclic) bond motifs is 2. The van der Waals surface area contributed by atoms with E-state index in [4.69, 9.17) is 4.74 Å². The van der Waals surface area contributed by atoms with Crippen LogP contribution in [0.15, 0.2) is 18.5 Å². The summed E-state index contributed by atoms with van der Waals surface area (Å²) < 4.78 is 6.87. The number of amides is 2. The van der Waals surface area contributed by atoms with Crippen LogP contribution in [0.1, 0.15) is 18.3 Å². The van der Waals surface area contributed by atoms with Gasteiger partial charge in [-0.3, -0.25) is 4.90 Å². The van der Waals surface area contributed by atoms with Crippen molar-refractivity contribution in [2.24, 2.45) is 0 Å². The Bertz CT molecular complexity index is 1150. The quantitative estimate of drug-likeness (QED) is 0.608. The van der Waals surface area contributed by atoms with Gasteiger partial charge in [-0.05, 0) is 26.3 Å². The third kappa shape index (κ3) is 3.89. The Balaban J connectivity index is 0.00000245. The third-order valence-corrected chi connectivity index (χ3v) is 5.64. The highest BCUT2D eigenvalue weighted by Gasteiger charge is 2.31. The fourth-order valence-corrected chi connectivity index (χ4v) is 4.25. The van der Waals surface area contributed by atoms with Crippen molar-refractivity contribution in [3.05, 3.63) is 29.8 Å². The molecule has 0 aromatic carbocycles. The van der Waals surface area contributed by atoms with E-state index in [1.54, 1.807) is 24.2 Å². The molecule has 0 aliphatic carbocycles. The van der Waals surface area contributed by atoms with E-state index < -0.39 is 0 Å². The first-order valence-corrected chi connectivity index (χ1v) is 10.4. The number of aryl methyl sites for hydroxylation is 1. The summed E-state index contributed by atoms with van der Waals surface area (Å²) in [7, 11) is 1.51. The minimum atomic E-state index is -0.284. The van der Waals surface area contributed by atoms with Gasteiger partial charge >= 0.3 is 6.03 Å². The first kappa shape index (κ1) is 22.0. The molecule has 1 saturated heterocycles. The number of carbonyl (C=O) groups is 1. The van der Waals surface area contributed by atoms with Gasteiger partial charge in [-0.1, -0.05) is 0 Å². The van der Waals surface area contributed by atoms with Gasteiger partial charge in [0.05, 0.1) is 13.3 Å². The third-order valence-electron chi connectivity index (χ3n) is 5.64. The minimum Gasteiger partial charge on any atom is -0.479 e. The molecule has 170 valence electrons. The summed E-state index contributed by atoms with van der Waals surface area (Å²) in [6.07, 6.45) is 4.20. The van der Waals surface area contributed by atoms with Crippen molar-refractivity contribution < 1.29 is 9.53 Å². The molecule has 1 atom stereocenters. The van der Waals surface area contributed by atoms with Crippen LogP contribution in [-0.2, 0) is 6.42 Å². The summed E-state index contributed by atoms with van der Waals surface area (Å²) in [5.74, 6) is 1.98. The summed E-state index contributed by atoms with van der Waals surface area (Å²) in [5, 5.41) is 10.6. The lowest BCUT2D eigenvalue weighted by atomic mass is 10.1. The summed E-state index contributed by atoms with van der Waals surface area (Å²) >= 11 is 0. The zero-order chi connectivity index (χ0) is 21.5. The van der Waals surface area contributed by atoms with Gasteiger partial charge in [-0.2, -0.15) is 15.1 Å². The molecule has 12 heteroatoms. The largest absolute Gasteiger partial charge is 0.479 e. The van der Waals surface area contributed by atoms with Crippen LogP contribution < -0.4 is 25.2 Å². The van der Waals surface area contributed by atoms with E-state index in [1.807, 2.05) is 6.07 Å². The zero-order valence-corrected chi connectivity index (χ0v) is 19.0. The second kappa shape index (κ2) is 8.75. The SMILES string of the molecule is COc1nc2nc(C)nn2cc1NC(=O)N1CCc2c(N3CCN[C@H](C)C3)ccnc21.Cl. The van der Waals surface area contributed by atoms with Crippen LogP contribution in [0.5, 0.6) is 5.88 Å². The lowest BCUT2D eigenvalue weighted by molar-refractivity contribution is 0.257. The van der Waals surface area contributed by atoms with Gasteiger partial charge in [-0.15, -0.1) is 12.4 Å². The van der Waals surface area contributed by atoms with E-state index >= 15 is 0 Å². The average molecular weight is 460 g/mol. The topological polar surface area (TPSA) is 113 Å². The molecule has 5 rings (SSSR count). The van der Waals surface area contributed by atoms with Crippen molar-refractivity contribution in [3.8, 4) is 5.88 Å². The minimum absolute atomic E-state index is 0. The molecular formula is C20H26ClN9O2. The molecule has 0 unspecified atom stereocenters. The van der Waals surface area contributed by atoms with E-state index in [1.165, 1.54) is 11.6 Å². The molecule has 11 nitrogen and oxygen atoms in total. The first-order chi connectivity index (χ1) is 15.0. The van der Waals surface area contributed by atoms with Crippen LogP contribution in [0.2, 0.25) is 0 Å². The van der Waals surface area contributed by atoms with Crippen molar-refractivity contribution in [2.45, 2.75) is 26.3 Å². The van der Waals surface area contributed by atoms with Gasteiger partial charge in [-0.25, -0.2) is 14.3 Å². The lowest BCUT2D eigenvalue weighted by Crippen LogP contribution is -2.49. The predicted octanol–water partition coefficient (Wildman–Crippen LogP) is 1.65. The van der Waals surface area contributed by atoms with Gasteiger partial charge in [0.25, 0.3) is 5.78 Å². The number of hydrogen-bond acceptors (Lipinski definition) is 8. The fraction of sp³-hybridized carbons (Fsp3) is 0.450. The molecule has 0 saturated carbocycles. The number of nitrogens with one attached hydrogen (secondary N) is 2. The number of halogens is 1. The Morgan fingerprint density at radius 3 is 2.94 bits per heavy atom. The molecule has 5 heterocycles. The number of carbonyl (C=O) groups excluding carboxylic acids is 1. The van der Waals surface area contributed by atoms with Gasteiger partial charge in [0.1, 0.15) is 17.3 Å². The number of aromatic nitrogens is 5. The standard InChI is InChI=1S/C20H25N9O2.ClH/c1-12-10-27(9-7-21-12)16-4-6-22-17-14(16)5-8-28(17)20(30)24-15-11-29-19(23-13(2)26-29)25-18(15)31-3;/h4,6,11-12,21H,5,7-10H2,1-3H3,(H,24,30);1H/t12-;/m1./s1. The molecule has 2 aliphatic heterocycles. The predicted molar refractivity (Wildman–Crippen MR) is 123 cm³/mol. The van der Waals surface area contributed by atoms with Gasteiger partial charge in [0.15, 0.2) is 0 Å². The second-order valence-corrected chi connectivity index (χ2v) is 7.83. The van der Waals surface area contributed by atoms with Crippen LogP contribution in [-0.4, -0.2) is 69.9 Å². The van der Waals surface area contributed by atoms with Crippen molar-refractivity contribution >= 4 is 41.4 Å². The highest BCUT2D eigenvalue weighted by molar-refractivity contribution is 6.03. The number of urea groups is 1. The van der Waals surface area contributed by atoms with Gasteiger partial charge in [0.2, 0.25) is 5.88 Å². The molecule has 0 spiro atoms. The average Bonchev–Trinajstić information content (AvgIpc) is 3.35. The Labute approximate surface area is 191 Å². The van der Waals surface area contributed by atoms with Gasteiger partial charge < -0.3 is 20.3 Å². The van der Waals surface area contributed by atoms with Gasteiger partial charge in [0, 0.05) is 49.7 Å². The Hall–Kier alpha value is -3.18. The Morgan fingerprint density at radius 2 is 2.16 bits per heavy atom. The molecule has 3 aromatic rings. The zero-order valence-electron chi connectivity index (χ0n) is 18.2. The van der Waals surface area contributed by atoms with Crippen molar-refractivity contribution in [2.75, 3.05) is 48.4 Å². The van der Waals surface area contributed by atoms with Crippen molar-refractivity contribution in [3.63, 3.8) is 0 Å². The smallest absolute Gasteiger partial charge is 0.327 e. The molecule has 0 radical (unpaired) electrons. The number of ether oxygens (including phenoxy) is 1. The highest BCUT2D eigenvalue weighted by atomic mass is 35.5. The monoisotopic (exact) mass is 459 g/mol. The molecular weight excluding hydrogens is 434 g/mol. The molecule has 2 aliphatic rings. The number of anilines is 3. The van der Waals surface area contributed by atoms with Crippen LogP contribution in [0.25, 0.3) is 5.78 Å². The maximum atomic E-state index is 13.1.